The SMILES string of the molecule is CCOc1cc(C=C2SC(=S)N(CC(=O)O)C2=O)ccc1OC(=O)c1cccc([N+](=O)[O-])c1. The molecule has 0 radical (unpaired) electrons. The molecule has 0 aliphatic carbocycles. The number of non-ortho nitro benzene ring substituents is 1. The summed E-state index contributed by atoms with van der Waals surface area (Å²) in [5.74, 6) is -2.20. The number of amides is 1. The maximum atomic E-state index is 12.5. The van der Waals surface area contributed by atoms with Gasteiger partial charge < -0.3 is 14.6 Å². The molecule has 12 heteroatoms. The molecule has 1 N–H and O–H groups in total. The topological polar surface area (TPSA) is 136 Å². The number of hydrogen-bond acceptors (Lipinski definition) is 9. The molecule has 0 saturated carbocycles. The van der Waals surface area contributed by atoms with Crippen LogP contribution in [0.15, 0.2) is 47.4 Å². The number of thioether (sulfide) groups is 1. The lowest BCUT2D eigenvalue weighted by Crippen LogP contribution is -2.33. The molecule has 1 heterocycles. The van der Waals surface area contributed by atoms with Gasteiger partial charge in [0.05, 0.1) is 22.0 Å². The van der Waals surface area contributed by atoms with E-state index in [0.717, 1.165) is 22.7 Å². The molecule has 2 aromatic rings. The highest BCUT2D eigenvalue weighted by atomic mass is 32.2. The number of thiocarbonyl (C=S) groups is 1. The van der Waals surface area contributed by atoms with Gasteiger partial charge in [0.25, 0.3) is 11.6 Å². The van der Waals surface area contributed by atoms with Crippen molar-refractivity contribution in [3.05, 3.63) is 68.6 Å². The van der Waals surface area contributed by atoms with Crippen molar-refractivity contribution < 1.29 is 33.9 Å². The molecule has 10 nitrogen and oxygen atoms in total. The van der Waals surface area contributed by atoms with Crippen LogP contribution in [0.3, 0.4) is 0 Å². The van der Waals surface area contributed by atoms with Crippen molar-refractivity contribution in [2.75, 3.05) is 13.2 Å². The lowest BCUT2D eigenvalue weighted by Gasteiger charge is -2.12. The van der Waals surface area contributed by atoms with Crippen LogP contribution in [-0.4, -0.2) is 50.2 Å². The number of carbonyl (C=O) groups excluding carboxylic acids is 2. The van der Waals surface area contributed by atoms with Gasteiger partial charge in [0.15, 0.2) is 11.5 Å². The van der Waals surface area contributed by atoms with E-state index in [9.17, 15) is 24.5 Å². The molecule has 0 atom stereocenters. The molecule has 1 saturated heterocycles. The zero-order chi connectivity index (χ0) is 24.1. The summed E-state index contributed by atoms with van der Waals surface area (Å²) in [6, 6.07) is 9.72. The maximum Gasteiger partial charge on any atom is 0.343 e. The molecule has 0 unspecified atom stereocenters. The second-order valence-electron chi connectivity index (χ2n) is 6.50. The molecule has 3 rings (SSSR count). The summed E-state index contributed by atoms with van der Waals surface area (Å²) in [5.41, 5.74) is 0.285. The van der Waals surface area contributed by atoms with E-state index in [2.05, 4.69) is 0 Å². The number of ether oxygens (including phenoxy) is 2. The van der Waals surface area contributed by atoms with E-state index in [1.165, 1.54) is 30.3 Å². The Morgan fingerprint density at radius 2 is 2.00 bits per heavy atom. The monoisotopic (exact) mass is 488 g/mol. The van der Waals surface area contributed by atoms with Crippen LogP contribution in [0.5, 0.6) is 11.5 Å². The standard InChI is InChI=1S/C21H16N2O8S2/c1-2-30-16-8-12(9-17-19(26)22(11-18(24)25)21(32)33-17)6-7-15(16)31-20(27)13-4-3-5-14(10-13)23(28)29/h3-10H,2,11H2,1H3,(H,24,25). The molecule has 1 fully saturated rings. The van der Waals surface area contributed by atoms with E-state index in [-0.39, 0.29) is 38.6 Å². The van der Waals surface area contributed by atoms with Crippen LogP contribution >= 0.6 is 24.0 Å². The van der Waals surface area contributed by atoms with Gasteiger partial charge in [-0.1, -0.05) is 36.1 Å². The number of carboxylic acids is 1. The average Bonchev–Trinajstić information content (AvgIpc) is 3.02. The fraction of sp³-hybridized carbons (Fsp3) is 0.143. The first-order valence-corrected chi connectivity index (χ1v) is 10.6. The van der Waals surface area contributed by atoms with Crippen LogP contribution in [0.2, 0.25) is 0 Å². The number of nitrogens with zero attached hydrogens (tertiary/aromatic N) is 2. The van der Waals surface area contributed by atoms with E-state index >= 15 is 0 Å². The summed E-state index contributed by atoms with van der Waals surface area (Å²) in [7, 11) is 0. The van der Waals surface area contributed by atoms with Crippen LogP contribution < -0.4 is 9.47 Å². The van der Waals surface area contributed by atoms with Crippen molar-refractivity contribution in [1.82, 2.24) is 4.90 Å². The summed E-state index contributed by atoms with van der Waals surface area (Å²) in [5, 5.41) is 19.9. The summed E-state index contributed by atoms with van der Waals surface area (Å²) in [6.45, 7) is 1.46. The lowest BCUT2D eigenvalue weighted by atomic mass is 10.1. The van der Waals surface area contributed by atoms with Crippen molar-refractivity contribution in [3.8, 4) is 11.5 Å². The van der Waals surface area contributed by atoms with Gasteiger partial charge >= 0.3 is 11.9 Å². The fourth-order valence-corrected chi connectivity index (χ4v) is 4.05. The van der Waals surface area contributed by atoms with Gasteiger partial charge in [0.2, 0.25) is 0 Å². The van der Waals surface area contributed by atoms with Gasteiger partial charge in [0, 0.05) is 12.1 Å². The number of carboxylic acid groups (broad SMARTS) is 1. The molecular formula is C21H16N2O8S2. The Balaban J connectivity index is 1.84. The second kappa shape index (κ2) is 10.2. The zero-order valence-corrected chi connectivity index (χ0v) is 18.7. The normalized spacial score (nSPS) is 14.5. The molecule has 1 aliphatic heterocycles. The highest BCUT2D eigenvalue weighted by molar-refractivity contribution is 8.26. The number of nitro groups is 1. The number of nitro benzene ring substituents is 1. The van der Waals surface area contributed by atoms with Crippen molar-refractivity contribution in [2.45, 2.75) is 6.92 Å². The fourth-order valence-electron chi connectivity index (χ4n) is 2.80. The van der Waals surface area contributed by atoms with Gasteiger partial charge in [-0.15, -0.1) is 0 Å². The summed E-state index contributed by atoms with van der Waals surface area (Å²) in [4.78, 5) is 47.4. The van der Waals surface area contributed by atoms with Crippen molar-refractivity contribution in [3.63, 3.8) is 0 Å². The van der Waals surface area contributed by atoms with Crippen LogP contribution in [0.1, 0.15) is 22.8 Å². The summed E-state index contributed by atoms with van der Waals surface area (Å²) < 4.78 is 11.1. The van der Waals surface area contributed by atoms with Crippen LogP contribution in [0.25, 0.3) is 6.08 Å². The maximum absolute atomic E-state index is 12.5. The smallest absolute Gasteiger partial charge is 0.343 e. The highest BCUT2D eigenvalue weighted by Gasteiger charge is 2.33. The molecule has 1 amide bonds. The Bertz CT molecular complexity index is 1190. The summed E-state index contributed by atoms with van der Waals surface area (Å²) in [6.07, 6.45) is 1.52. The first-order valence-electron chi connectivity index (χ1n) is 9.40. The zero-order valence-electron chi connectivity index (χ0n) is 17.0. The third-order valence-electron chi connectivity index (χ3n) is 4.23. The number of carbonyl (C=O) groups is 3. The van der Waals surface area contributed by atoms with Gasteiger partial charge in [0.1, 0.15) is 10.9 Å². The van der Waals surface area contributed by atoms with Crippen molar-refractivity contribution >= 4 is 57.9 Å². The molecule has 0 spiro atoms. The Morgan fingerprint density at radius 3 is 2.67 bits per heavy atom. The number of esters is 1. The molecule has 33 heavy (non-hydrogen) atoms. The Hall–Kier alpha value is -3.77. The number of benzene rings is 2. The minimum absolute atomic E-state index is 0.00201. The van der Waals surface area contributed by atoms with E-state index in [1.807, 2.05) is 0 Å². The third-order valence-corrected chi connectivity index (χ3v) is 5.61. The van der Waals surface area contributed by atoms with Gasteiger partial charge in [-0.25, -0.2) is 4.79 Å². The van der Waals surface area contributed by atoms with Crippen LogP contribution in [-0.2, 0) is 9.59 Å². The van der Waals surface area contributed by atoms with E-state index in [0.29, 0.717) is 5.56 Å². The first-order chi connectivity index (χ1) is 15.7. The Kier molecular flexibility index (Phi) is 7.41. The highest BCUT2D eigenvalue weighted by Crippen LogP contribution is 2.35. The molecule has 2 aromatic carbocycles. The number of rotatable bonds is 8. The first kappa shape index (κ1) is 23.9. The summed E-state index contributed by atoms with van der Waals surface area (Å²) >= 11 is 6.05. The molecule has 170 valence electrons. The number of aliphatic carboxylic acids is 1. The van der Waals surface area contributed by atoms with E-state index in [4.69, 9.17) is 26.8 Å². The van der Waals surface area contributed by atoms with E-state index < -0.39 is 29.3 Å². The molecule has 0 bridgehead atoms. The lowest BCUT2D eigenvalue weighted by molar-refractivity contribution is -0.384. The number of hydrogen-bond donors (Lipinski definition) is 1. The van der Waals surface area contributed by atoms with Gasteiger partial charge in [-0.3, -0.25) is 24.6 Å². The minimum Gasteiger partial charge on any atom is -0.490 e. The largest absolute Gasteiger partial charge is 0.490 e. The van der Waals surface area contributed by atoms with Crippen LogP contribution in [0.4, 0.5) is 5.69 Å². The Labute approximate surface area is 196 Å². The molecule has 0 aromatic heterocycles. The second-order valence-corrected chi connectivity index (χ2v) is 8.17. The molecular weight excluding hydrogens is 472 g/mol. The van der Waals surface area contributed by atoms with Crippen LogP contribution in [0, 0.1) is 10.1 Å². The van der Waals surface area contributed by atoms with E-state index in [1.54, 1.807) is 19.1 Å². The third kappa shape index (κ3) is 5.73. The quantitative estimate of drug-likeness (QED) is 0.147. The molecule has 1 aliphatic rings. The predicted molar refractivity (Wildman–Crippen MR) is 123 cm³/mol. The van der Waals surface area contributed by atoms with Crippen molar-refractivity contribution in [2.24, 2.45) is 0 Å². The van der Waals surface area contributed by atoms with Gasteiger partial charge in [-0.2, -0.15) is 0 Å². The minimum atomic E-state index is -1.18. The van der Waals surface area contributed by atoms with Gasteiger partial charge in [-0.05, 0) is 36.8 Å². The average molecular weight is 488 g/mol. The Morgan fingerprint density at radius 1 is 1.24 bits per heavy atom. The predicted octanol–water partition coefficient (Wildman–Crippen LogP) is 3.50. The van der Waals surface area contributed by atoms with Crippen molar-refractivity contribution in [1.29, 1.82) is 0 Å².